The van der Waals surface area contributed by atoms with Gasteiger partial charge in [-0.05, 0) is 47.1 Å². The van der Waals surface area contributed by atoms with Gasteiger partial charge in [0.05, 0.1) is 6.04 Å². The number of fused-ring (bicyclic) bond motifs is 1. The number of hydrogen-bond acceptors (Lipinski definition) is 7. The largest absolute Gasteiger partial charge is 0.360 e. The Morgan fingerprint density at radius 3 is 2.23 bits per heavy atom. The second-order valence-electron chi connectivity index (χ2n) is 5.74. The van der Waals surface area contributed by atoms with E-state index < -0.39 is 0 Å². The van der Waals surface area contributed by atoms with Crippen LogP contribution in [0.5, 0.6) is 0 Å². The van der Waals surface area contributed by atoms with E-state index in [1.54, 1.807) is 12.1 Å². The fourth-order valence-corrected chi connectivity index (χ4v) is 2.53. The van der Waals surface area contributed by atoms with Gasteiger partial charge in [0.1, 0.15) is 5.82 Å². The van der Waals surface area contributed by atoms with Crippen LogP contribution >= 0.6 is 0 Å². The number of halogens is 1. The van der Waals surface area contributed by atoms with Crippen LogP contribution in [0.4, 0.5) is 21.7 Å². The summed E-state index contributed by atoms with van der Waals surface area (Å²) < 4.78 is 17.8. The Bertz CT molecular complexity index is 1020. The summed E-state index contributed by atoms with van der Waals surface area (Å²) in [5, 5.41) is 13.9. The van der Waals surface area contributed by atoms with Crippen LogP contribution in [0.15, 0.2) is 59.2 Å². The molecule has 130 valence electrons. The zero-order valence-electron chi connectivity index (χ0n) is 13.8. The number of rotatable bonds is 5. The zero-order valence-corrected chi connectivity index (χ0v) is 13.8. The molecule has 0 spiro atoms. The Morgan fingerprint density at radius 1 is 0.885 bits per heavy atom. The van der Waals surface area contributed by atoms with Crippen LogP contribution in [0.1, 0.15) is 18.5 Å². The molecule has 0 fully saturated rings. The second-order valence-corrected chi connectivity index (χ2v) is 5.74. The minimum absolute atomic E-state index is 0.0171. The topological polar surface area (TPSA) is 88.8 Å². The van der Waals surface area contributed by atoms with E-state index in [9.17, 15) is 4.39 Å². The second kappa shape index (κ2) is 6.75. The smallest absolute Gasteiger partial charge is 0.245 e. The highest BCUT2D eigenvalue weighted by Crippen LogP contribution is 2.27. The van der Waals surface area contributed by atoms with Crippen molar-refractivity contribution in [2.24, 2.45) is 0 Å². The standard InChI is InChI=1S/C18H15FN6O/c1-11(12-5-3-2-4-6-12)20-15-16(21-14-9-7-13(19)8-10-14)23-18-17(22-15)24-26-25-18/h2-11H,1H3,(H,20,22,24)(H,21,23,25). The van der Waals surface area contributed by atoms with Crippen LogP contribution in [0.3, 0.4) is 0 Å². The summed E-state index contributed by atoms with van der Waals surface area (Å²) in [5.74, 6) is 0.630. The van der Waals surface area contributed by atoms with E-state index >= 15 is 0 Å². The van der Waals surface area contributed by atoms with Gasteiger partial charge in [0.25, 0.3) is 0 Å². The molecule has 0 radical (unpaired) electrons. The summed E-state index contributed by atoms with van der Waals surface area (Å²) >= 11 is 0. The quantitative estimate of drug-likeness (QED) is 0.561. The maximum absolute atomic E-state index is 13.1. The first kappa shape index (κ1) is 15.9. The molecule has 8 heteroatoms. The van der Waals surface area contributed by atoms with Crippen LogP contribution in [-0.4, -0.2) is 20.3 Å². The molecular formula is C18H15FN6O. The van der Waals surface area contributed by atoms with Crippen molar-refractivity contribution in [3.63, 3.8) is 0 Å². The molecule has 4 aromatic rings. The summed E-state index contributed by atoms with van der Waals surface area (Å²) in [6.07, 6.45) is 0. The van der Waals surface area contributed by atoms with E-state index in [0.717, 1.165) is 5.56 Å². The minimum Gasteiger partial charge on any atom is -0.360 e. The lowest BCUT2D eigenvalue weighted by Crippen LogP contribution is -2.11. The van der Waals surface area contributed by atoms with Gasteiger partial charge in [0.2, 0.25) is 11.3 Å². The van der Waals surface area contributed by atoms with Gasteiger partial charge < -0.3 is 10.6 Å². The number of aromatic nitrogens is 4. The fourth-order valence-electron chi connectivity index (χ4n) is 2.53. The predicted molar refractivity (Wildman–Crippen MR) is 95.6 cm³/mol. The van der Waals surface area contributed by atoms with Crippen molar-refractivity contribution in [2.45, 2.75) is 13.0 Å². The Kier molecular flexibility index (Phi) is 4.14. The molecule has 0 amide bonds. The van der Waals surface area contributed by atoms with E-state index in [2.05, 4.69) is 30.9 Å². The van der Waals surface area contributed by atoms with E-state index in [0.29, 0.717) is 23.0 Å². The molecule has 26 heavy (non-hydrogen) atoms. The molecule has 0 aliphatic rings. The third-order valence-electron chi connectivity index (χ3n) is 3.87. The van der Waals surface area contributed by atoms with Gasteiger partial charge in [0.15, 0.2) is 11.6 Å². The molecule has 2 aromatic carbocycles. The number of hydrogen-bond donors (Lipinski definition) is 2. The summed E-state index contributed by atoms with van der Waals surface area (Å²) in [7, 11) is 0. The molecule has 0 bridgehead atoms. The van der Waals surface area contributed by atoms with Crippen LogP contribution < -0.4 is 10.6 Å². The lowest BCUT2D eigenvalue weighted by atomic mass is 10.1. The van der Waals surface area contributed by atoms with Crippen molar-refractivity contribution < 1.29 is 9.02 Å². The molecule has 1 atom stereocenters. The number of nitrogens with zero attached hydrogens (tertiary/aromatic N) is 4. The highest BCUT2D eigenvalue weighted by molar-refractivity contribution is 5.76. The van der Waals surface area contributed by atoms with Gasteiger partial charge in [0, 0.05) is 5.69 Å². The highest BCUT2D eigenvalue weighted by Gasteiger charge is 2.15. The molecule has 0 aliphatic carbocycles. The molecule has 2 heterocycles. The summed E-state index contributed by atoms with van der Waals surface area (Å²) in [6, 6.07) is 15.9. The molecule has 2 N–H and O–H groups in total. The third-order valence-corrected chi connectivity index (χ3v) is 3.87. The van der Waals surface area contributed by atoms with E-state index in [1.165, 1.54) is 12.1 Å². The summed E-state index contributed by atoms with van der Waals surface area (Å²) in [4.78, 5) is 8.84. The first-order valence-electron chi connectivity index (χ1n) is 8.03. The van der Waals surface area contributed by atoms with Crippen molar-refractivity contribution in [1.82, 2.24) is 20.3 Å². The molecule has 0 saturated carbocycles. The lowest BCUT2D eigenvalue weighted by molar-refractivity contribution is 0.314. The monoisotopic (exact) mass is 350 g/mol. The number of benzene rings is 2. The van der Waals surface area contributed by atoms with Crippen molar-refractivity contribution in [1.29, 1.82) is 0 Å². The Morgan fingerprint density at radius 2 is 1.54 bits per heavy atom. The third kappa shape index (κ3) is 3.30. The van der Waals surface area contributed by atoms with Gasteiger partial charge >= 0.3 is 0 Å². The molecule has 0 aliphatic heterocycles. The molecule has 0 saturated heterocycles. The van der Waals surface area contributed by atoms with Gasteiger partial charge in [-0.1, -0.05) is 30.3 Å². The van der Waals surface area contributed by atoms with Gasteiger partial charge in [-0.25, -0.2) is 19.0 Å². The van der Waals surface area contributed by atoms with Gasteiger partial charge in [-0.3, -0.25) is 0 Å². The van der Waals surface area contributed by atoms with Crippen LogP contribution in [-0.2, 0) is 0 Å². The highest BCUT2D eigenvalue weighted by atomic mass is 19.1. The molecule has 1 unspecified atom stereocenters. The molecular weight excluding hydrogens is 335 g/mol. The average molecular weight is 350 g/mol. The van der Waals surface area contributed by atoms with Crippen LogP contribution in [0.2, 0.25) is 0 Å². The average Bonchev–Trinajstić information content (AvgIpc) is 3.11. The van der Waals surface area contributed by atoms with Crippen LogP contribution in [0, 0.1) is 5.82 Å². The first-order valence-corrected chi connectivity index (χ1v) is 8.03. The van der Waals surface area contributed by atoms with Gasteiger partial charge in [-0.15, -0.1) is 0 Å². The van der Waals surface area contributed by atoms with E-state index in [1.807, 2.05) is 37.3 Å². The summed E-state index contributed by atoms with van der Waals surface area (Å²) in [6.45, 7) is 2.02. The number of anilines is 3. The Hall–Kier alpha value is -3.55. The maximum Gasteiger partial charge on any atom is 0.245 e. The minimum atomic E-state index is -0.311. The molecule has 4 rings (SSSR count). The van der Waals surface area contributed by atoms with E-state index in [-0.39, 0.29) is 17.5 Å². The normalized spacial score (nSPS) is 12.1. The van der Waals surface area contributed by atoms with Crippen molar-refractivity contribution in [3.05, 3.63) is 66.0 Å². The van der Waals surface area contributed by atoms with Crippen LogP contribution in [0.25, 0.3) is 11.3 Å². The van der Waals surface area contributed by atoms with Gasteiger partial charge in [-0.2, -0.15) is 0 Å². The Balaban J connectivity index is 1.68. The lowest BCUT2D eigenvalue weighted by Gasteiger charge is -2.17. The first-order chi connectivity index (χ1) is 12.7. The summed E-state index contributed by atoms with van der Waals surface area (Å²) in [5.41, 5.74) is 2.36. The van der Waals surface area contributed by atoms with Crippen molar-refractivity contribution in [2.75, 3.05) is 10.6 Å². The predicted octanol–water partition coefficient (Wildman–Crippen LogP) is 4.07. The SMILES string of the molecule is CC(Nc1nc2nonc2nc1Nc1ccc(F)cc1)c1ccccc1. The zero-order chi connectivity index (χ0) is 17.9. The maximum atomic E-state index is 13.1. The van der Waals surface area contributed by atoms with E-state index in [4.69, 9.17) is 4.63 Å². The Labute approximate surface area is 148 Å². The molecule has 7 nitrogen and oxygen atoms in total. The van der Waals surface area contributed by atoms with Crippen molar-refractivity contribution >= 4 is 28.6 Å². The van der Waals surface area contributed by atoms with Crippen molar-refractivity contribution in [3.8, 4) is 0 Å². The number of nitrogens with one attached hydrogen (secondary N) is 2. The fraction of sp³-hybridized carbons (Fsp3) is 0.111. The molecule has 2 aromatic heterocycles.